The molecule has 0 bridgehead atoms. The van der Waals surface area contributed by atoms with Crippen molar-refractivity contribution in [3.8, 4) is 0 Å². The molecule has 0 spiro atoms. The monoisotopic (exact) mass is 264 g/mol. The van der Waals surface area contributed by atoms with E-state index in [1.165, 1.54) is 0 Å². The lowest BCUT2D eigenvalue weighted by atomic mass is 10.1. The average Bonchev–Trinajstić information content (AvgIpc) is 2.34. The summed E-state index contributed by atoms with van der Waals surface area (Å²) in [5.74, 6) is -0.0455. The maximum Gasteiger partial charge on any atom is 0.238 e. The Morgan fingerprint density at radius 3 is 2.63 bits per heavy atom. The third-order valence-corrected chi connectivity index (χ3v) is 3.34. The molecule has 0 heterocycles. The van der Waals surface area contributed by atoms with Crippen LogP contribution in [-0.2, 0) is 4.79 Å². The van der Waals surface area contributed by atoms with E-state index in [1.54, 1.807) is 0 Å². The summed E-state index contributed by atoms with van der Waals surface area (Å²) in [6.07, 6.45) is 0. The van der Waals surface area contributed by atoms with Gasteiger partial charge in [0.05, 0.1) is 13.2 Å². The molecule has 1 aromatic carbocycles. The molecule has 0 radical (unpaired) electrons. The number of amides is 1. The number of carbonyl (C=O) groups is 1. The molecule has 0 saturated carbocycles. The Morgan fingerprint density at radius 1 is 1.37 bits per heavy atom. The molecule has 19 heavy (non-hydrogen) atoms. The molecule has 1 amide bonds. The third kappa shape index (κ3) is 4.65. The van der Waals surface area contributed by atoms with Crippen LogP contribution in [0, 0.1) is 13.8 Å². The summed E-state index contributed by atoms with van der Waals surface area (Å²) in [7, 11) is 0. The fourth-order valence-corrected chi connectivity index (χ4v) is 1.91. The Balaban J connectivity index is 2.66. The minimum atomic E-state index is -0.0455. The maximum absolute atomic E-state index is 12.0. The first-order valence-corrected chi connectivity index (χ1v) is 6.66. The molecule has 0 aliphatic heterocycles. The molecular weight excluding hydrogens is 240 g/mol. The van der Waals surface area contributed by atoms with Gasteiger partial charge >= 0.3 is 0 Å². The topological polar surface area (TPSA) is 52.6 Å². The van der Waals surface area contributed by atoms with E-state index in [2.05, 4.69) is 5.32 Å². The Labute approximate surface area is 115 Å². The van der Waals surface area contributed by atoms with Gasteiger partial charge in [-0.1, -0.05) is 12.1 Å². The van der Waals surface area contributed by atoms with Crippen molar-refractivity contribution in [2.24, 2.45) is 0 Å². The summed E-state index contributed by atoms with van der Waals surface area (Å²) in [4.78, 5) is 14.0. The Bertz CT molecular complexity index is 430. The second-order valence-electron chi connectivity index (χ2n) is 5.08. The average molecular weight is 264 g/mol. The molecular formula is C15H24N2O2. The number of aliphatic hydroxyl groups excluding tert-OH is 1. The number of aliphatic hydroxyl groups is 1. The smallest absolute Gasteiger partial charge is 0.238 e. The summed E-state index contributed by atoms with van der Waals surface area (Å²) in [5.41, 5.74) is 3.11. The van der Waals surface area contributed by atoms with Gasteiger partial charge in [0.25, 0.3) is 0 Å². The van der Waals surface area contributed by atoms with Gasteiger partial charge < -0.3 is 10.4 Å². The molecule has 0 aromatic heterocycles. The highest BCUT2D eigenvalue weighted by Gasteiger charge is 2.14. The van der Waals surface area contributed by atoms with E-state index >= 15 is 0 Å². The molecule has 106 valence electrons. The summed E-state index contributed by atoms with van der Waals surface area (Å²) in [6.45, 7) is 8.93. The van der Waals surface area contributed by atoms with Crippen LogP contribution < -0.4 is 5.32 Å². The van der Waals surface area contributed by atoms with E-state index in [0.29, 0.717) is 13.1 Å². The van der Waals surface area contributed by atoms with Crippen LogP contribution in [0.4, 0.5) is 5.69 Å². The normalized spacial score (nSPS) is 11.1. The van der Waals surface area contributed by atoms with Crippen molar-refractivity contribution in [3.05, 3.63) is 29.3 Å². The number of benzene rings is 1. The van der Waals surface area contributed by atoms with Crippen molar-refractivity contribution in [2.75, 3.05) is 25.0 Å². The van der Waals surface area contributed by atoms with Crippen LogP contribution in [0.25, 0.3) is 0 Å². The number of hydrogen-bond acceptors (Lipinski definition) is 3. The van der Waals surface area contributed by atoms with Crippen LogP contribution in [0.5, 0.6) is 0 Å². The van der Waals surface area contributed by atoms with E-state index in [-0.39, 0.29) is 18.6 Å². The van der Waals surface area contributed by atoms with E-state index in [9.17, 15) is 4.79 Å². The fraction of sp³-hybridized carbons (Fsp3) is 0.533. The molecule has 0 aliphatic carbocycles. The van der Waals surface area contributed by atoms with Gasteiger partial charge in [0.15, 0.2) is 0 Å². The standard InChI is InChI=1S/C15H24N2O2/c1-11(2)17(8-9-18)10-15(19)16-14-7-5-6-12(3)13(14)4/h5-7,11,18H,8-10H2,1-4H3,(H,16,19). The SMILES string of the molecule is Cc1cccc(NC(=O)CN(CCO)C(C)C)c1C. The number of hydrogen-bond donors (Lipinski definition) is 2. The number of aryl methyl sites for hydroxylation is 1. The largest absolute Gasteiger partial charge is 0.395 e. The number of anilines is 1. The van der Waals surface area contributed by atoms with Crippen molar-refractivity contribution in [2.45, 2.75) is 33.7 Å². The highest BCUT2D eigenvalue weighted by molar-refractivity contribution is 5.93. The zero-order chi connectivity index (χ0) is 14.4. The zero-order valence-electron chi connectivity index (χ0n) is 12.2. The molecule has 1 aromatic rings. The second kappa shape index (κ2) is 7.26. The van der Waals surface area contributed by atoms with Crippen molar-refractivity contribution in [1.29, 1.82) is 0 Å². The fourth-order valence-electron chi connectivity index (χ4n) is 1.91. The molecule has 2 N–H and O–H groups in total. The van der Waals surface area contributed by atoms with Gasteiger partial charge in [-0.3, -0.25) is 9.69 Å². The van der Waals surface area contributed by atoms with Crippen LogP contribution >= 0.6 is 0 Å². The quantitative estimate of drug-likeness (QED) is 0.825. The molecule has 0 unspecified atom stereocenters. The van der Waals surface area contributed by atoms with Crippen LogP contribution in [0.2, 0.25) is 0 Å². The predicted octanol–water partition coefficient (Wildman–Crippen LogP) is 1.94. The summed E-state index contributed by atoms with van der Waals surface area (Å²) < 4.78 is 0. The first-order valence-electron chi connectivity index (χ1n) is 6.66. The Kier molecular flexibility index (Phi) is 5.99. The van der Waals surface area contributed by atoms with E-state index < -0.39 is 0 Å². The van der Waals surface area contributed by atoms with Gasteiger partial charge in [-0.05, 0) is 44.9 Å². The van der Waals surface area contributed by atoms with E-state index in [4.69, 9.17) is 5.11 Å². The van der Waals surface area contributed by atoms with Crippen LogP contribution in [0.15, 0.2) is 18.2 Å². The van der Waals surface area contributed by atoms with Gasteiger partial charge in [0.2, 0.25) is 5.91 Å². The number of nitrogens with one attached hydrogen (secondary N) is 1. The van der Waals surface area contributed by atoms with Gasteiger partial charge in [-0.2, -0.15) is 0 Å². The lowest BCUT2D eigenvalue weighted by Crippen LogP contribution is -2.39. The van der Waals surface area contributed by atoms with Crippen molar-refractivity contribution < 1.29 is 9.90 Å². The summed E-state index contributed by atoms with van der Waals surface area (Å²) in [5, 5.41) is 11.9. The Morgan fingerprint density at radius 2 is 2.05 bits per heavy atom. The zero-order valence-corrected chi connectivity index (χ0v) is 12.2. The maximum atomic E-state index is 12.0. The van der Waals surface area contributed by atoms with Crippen LogP contribution in [0.1, 0.15) is 25.0 Å². The minimum absolute atomic E-state index is 0.0455. The molecule has 0 atom stereocenters. The lowest BCUT2D eigenvalue weighted by molar-refractivity contribution is -0.117. The van der Waals surface area contributed by atoms with Crippen molar-refractivity contribution in [1.82, 2.24) is 4.90 Å². The highest BCUT2D eigenvalue weighted by Crippen LogP contribution is 2.17. The Hall–Kier alpha value is -1.39. The highest BCUT2D eigenvalue weighted by atomic mass is 16.3. The van der Waals surface area contributed by atoms with Gasteiger partial charge in [0, 0.05) is 18.3 Å². The van der Waals surface area contributed by atoms with Crippen molar-refractivity contribution in [3.63, 3.8) is 0 Å². The third-order valence-electron chi connectivity index (χ3n) is 3.34. The molecule has 0 aliphatic rings. The number of carbonyl (C=O) groups excluding carboxylic acids is 1. The summed E-state index contributed by atoms with van der Waals surface area (Å²) in [6, 6.07) is 6.10. The van der Waals surface area contributed by atoms with Gasteiger partial charge in [-0.25, -0.2) is 0 Å². The molecule has 1 rings (SSSR count). The molecule has 4 nitrogen and oxygen atoms in total. The first-order chi connectivity index (χ1) is 8.95. The van der Waals surface area contributed by atoms with E-state index in [1.807, 2.05) is 50.8 Å². The lowest BCUT2D eigenvalue weighted by Gasteiger charge is -2.25. The van der Waals surface area contributed by atoms with Crippen molar-refractivity contribution >= 4 is 11.6 Å². The molecule has 0 saturated heterocycles. The predicted molar refractivity (Wildman–Crippen MR) is 78.3 cm³/mol. The van der Waals surface area contributed by atoms with Crippen LogP contribution in [-0.4, -0.2) is 41.7 Å². The van der Waals surface area contributed by atoms with Gasteiger partial charge in [-0.15, -0.1) is 0 Å². The minimum Gasteiger partial charge on any atom is -0.395 e. The second-order valence-corrected chi connectivity index (χ2v) is 5.08. The summed E-state index contributed by atoms with van der Waals surface area (Å²) >= 11 is 0. The molecule has 4 heteroatoms. The first kappa shape index (κ1) is 15.7. The van der Waals surface area contributed by atoms with Gasteiger partial charge in [0.1, 0.15) is 0 Å². The number of rotatable bonds is 6. The van der Waals surface area contributed by atoms with E-state index in [0.717, 1.165) is 16.8 Å². The van der Waals surface area contributed by atoms with Crippen LogP contribution in [0.3, 0.4) is 0 Å². The molecule has 0 fully saturated rings. The number of nitrogens with zero attached hydrogens (tertiary/aromatic N) is 1.